The second-order valence-corrected chi connectivity index (χ2v) is 10.3. The number of halogens is 4. The molecule has 0 aromatic carbocycles. The molecule has 0 rings (SSSR count). The Morgan fingerprint density at radius 2 is 0.800 bits per heavy atom. The highest BCUT2D eigenvalue weighted by molar-refractivity contribution is 9.37. The minimum atomic E-state index is 0.250. The van der Waals surface area contributed by atoms with Crippen LogP contribution in [0.15, 0.2) is 0 Å². The minimum Gasteiger partial charge on any atom is -0.0562 e. The molecule has 0 saturated heterocycles. The van der Waals surface area contributed by atoms with E-state index in [0.29, 0.717) is 0 Å². The standard InChI is InChI=1S/Br4N/c1-5(2,3)4/q+1. The molecule has 32 valence electrons. The maximum absolute atomic E-state index is 3.06. The summed E-state index contributed by atoms with van der Waals surface area (Å²) >= 11 is 12.2. The maximum atomic E-state index is 3.06. The second-order valence-electron chi connectivity index (χ2n) is 0.383. The maximum Gasteiger partial charge on any atom is 0.264 e. The summed E-state index contributed by atoms with van der Waals surface area (Å²) in [4.78, 5) is 0. The Labute approximate surface area is 64.7 Å². The van der Waals surface area contributed by atoms with Crippen LogP contribution in [-0.4, -0.2) is 0.587 Å². The van der Waals surface area contributed by atoms with E-state index in [1.165, 1.54) is 0 Å². The van der Waals surface area contributed by atoms with Crippen molar-refractivity contribution in [1.82, 2.24) is 0 Å². The van der Waals surface area contributed by atoms with Gasteiger partial charge in [-0.25, -0.2) is 0 Å². The fourth-order valence-electron chi connectivity index (χ4n) is 0. The first-order valence-corrected chi connectivity index (χ1v) is 3.51. The zero-order chi connectivity index (χ0) is 4.50. The Hall–Kier alpha value is 1.88. The number of quaternary nitrogens is 1. The largest absolute Gasteiger partial charge is 0.264 e. The minimum absolute atomic E-state index is 0.250. The van der Waals surface area contributed by atoms with Gasteiger partial charge in [0.15, 0.2) is 0 Å². The molecule has 5 heteroatoms. The third-order valence-corrected chi connectivity index (χ3v) is 0. The molecule has 0 spiro atoms. The van der Waals surface area contributed by atoms with Crippen LogP contribution in [0.3, 0.4) is 0 Å². The van der Waals surface area contributed by atoms with Crippen LogP contribution in [0.1, 0.15) is 0 Å². The summed E-state index contributed by atoms with van der Waals surface area (Å²) in [6.45, 7) is 0. The van der Waals surface area contributed by atoms with Crippen molar-refractivity contribution in [3.8, 4) is 0 Å². The number of rotatable bonds is 0. The Morgan fingerprint density at radius 3 is 0.800 bits per heavy atom. The Bertz CT molecular complexity index is 19.1. The van der Waals surface area contributed by atoms with Crippen LogP contribution in [0.5, 0.6) is 0 Å². The summed E-state index contributed by atoms with van der Waals surface area (Å²) in [6, 6.07) is 0. The molecule has 0 N–H and O–H groups in total. The predicted octanol–water partition coefficient (Wildman–Crippen LogP) is 3.04. The summed E-state index contributed by atoms with van der Waals surface area (Å²) in [6.07, 6.45) is 0. The lowest BCUT2D eigenvalue weighted by atomic mass is 13.9. The zero-order valence-corrected chi connectivity index (χ0v) is 8.30. The average molecular weight is 334 g/mol. The van der Waals surface area contributed by atoms with Crippen LogP contribution >= 0.6 is 64.6 Å². The second kappa shape index (κ2) is 2.26. The van der Waals surface area contributed by atoms with Crippen LogP contribution in [0.25, 0.3) is 0 Å². The molecular weight excluding hydrogens is 334 g/mol. The topological polar surface area (TPSA) is 0 Å². The highest BCUT2D eigenvalue weighted by Gasteiger charge is 2.11. The first-order chi connectivity index (χ1) is 2.00. The summed E-state index contributed by atoms with van der Waals surface area (Å²) in [5.74, 6) is 0. The van der Waals surface area contributed by atoms with E-state index < -0.39 is 0 Å². The predicted molar refractivity (Wildman–Crippen MR) is 36.0 cm³/mol. The van der Waals surface area contributed by atoms with Gasteiger partial charge in [-0.05, 0) is 0 Å². The van der Waals surface area contributed by atoms with Crippen LogP contribution in [-0.2, 0) is 0 Å². The van der Waals surface area contributed by atoms with E-state index in [0.717, 1.165) is 0 Å². The molecule has 1 nitrogen and oxygen atoms in total. The van der Waals surface area contributed by atoms with Gasteiger partial charge in [0.05, 0.1) is 0 Å². The SMILES string of the molecule is Br[N+](Br)(Br)Br. The first kappa shape index (κ1) is 6.88. The van der Waals surface area contributed by atoms with Gasteiger partial charge in [0.1, 0.15) is 0 Å². The van der Waals surface area contributed by atoms with Crippen molar-refractivity contribution in [2.45, 2.75) is 0 Å². The van der Waals surface area contributed by atoms with Gasteiger partial charge in [-0.2, -0.15) is 0 Å². The lowest BCUT2D eigenvalue weighted by Crippen LogP contribution is -1.83. The van der Waals surface area contributed by atoms with Gasteiger partial charge in [-0.3, -0.25) is 0 Å². The number of hydrogen-bond donors (Lipinski definition) is 0. The molecule has 0 aromatic rings. The van der Waals surface area contributed by atoms with Crippen molar-refractivity contribution in [3.63, 3.8) is 0 Å². The average Bonchev–Trinajstić information content (AvgIpc) is 0.722. The molecule has 0 saturated carbocycles. The lowest BCUT2D eigenvalue weighted by molar-refractivity contribution is -0.179. The van der Waals surface area contributed by atoms with Gasteiger partial charge in [0.2, 0.25) is 0 Å². The molecular formula is Br4N+. The van der Waals surface area contributed by atoms with E-state index in [1.54, 1.807) is 0 Å². The molecule has 0 amide bonds. The third kappa shape index (κ3) is 25.0. The van der Waals surface area contributed by atoms with E-state index in [-0.39, 0.29) is 0.587 Å². The molecule has 5 heavy (non-hydrogen) atoms. The van der Waals surface area contributed by atoms with E-state index in [9.17, 15) is 0 Å². The monoisotopic (exact) mass is 330 g/mol. The molecule has 0 aliphatic rings. The highest BCUT2D eigenvalue weighted by Crippen LogP contribution is 2.34. The molecule has 0 heterocycles. The smallest absolute Gasteiger partial charge is 0.0562 e. The van der Waals surface area contributed by atoms with Crippen LogP contribution in [0.2, 0.25) is 0 Å². The molecule has 0 aliphatic carbocycles. The fourth-order valence-corrected chi connectivity index (χ4v) is 0. The van der Waals surface area contributed by atoms with Crippen LogP contribution < -0.4 is 0 Å². The van der Waals surface area contributed by atoms with E-state index >= 15 is 0 Å². The summed E-state index contributed by atoms with van der Waals surface area (Å²) in [7, 11) is 0. The quantitative estimate of drug-likeness (QED) is 0.598. The Morgan fingerprint density at radius 1 is 0.800 bits per heavy atom. The van der Waals surface area contributed by atoms with Gasteiger partial charge >= 0.3 is 0 Å². The van der Waals surface area contributed by atoms with E-state index in [2.05, 4.69) is 64.6 Å². The molecule has 0 bridgehead atoms. The Kier molecular flexibility index (Phi) is 3.10. The van der Waals surface area contributed by atoms with E-state index in [4.69, 9.17) is 0 Å². The third-order valence-electron chi connectivity index (χ3n) is 0. The molecule has 0 aliphatic heterocycles. The lowest BCUT2D eigenvalue weighted by Gasteiger charge is -1.90. The number of nitrogens with zero attached hydrogens (tertiary/aromatic N) is 1. The molecule has 0 unspecified atom stereocenters. The van der Waals surface area contributed by atoms with Crippen molar-refractivity contribution in [2.24, 2.45) is 0 Å². The van der Waals surface area contributed by atoms with Crippen molar-refractivity contribution in [1.29, 1.82) is 0 Å². The van der Waals surface area contributed by atoms with E-state index in [1.807, 2.05) is 0 Å². The van der Waals surface area contributed by atoms with Gasteiger partial charge in [0.25, 0.3) is 64.6 Å². The highest BCUT2D eigenvalue weighted by atomic mass is 80.0. The van der Waals surface area contributed by atoms with Crippen LogP contribution in [0.4, 0.5) is 0 Å². The van der Waals surface area contributed by atoms with Gasteiger partial charge in [-0.1, -0.05) is 0.587 Å². The van der Waals surface area contributed by atoms with Gasteiger partial charge in [0, 0.05) is 0 Å². The Balaban J connectivity index is 3.02. The van der Waals surface area contributed by atoms with Gasteiger partial charge in [-0.15, -0.1) is 0 Å². The van der Waals surface area contributed by atoms with Gasteiger partial charge < -0.3 is 0 Å². The first-order valence-electron chi connectivity index (χ1n) is 0.676. The van der Waals surface area contributed by atoms with Crippen LogP contribution in [0, 0.1) is 0 Å². The summed E-state index contributed by atoms with van der Waals surface area (Å²) in [5, 5.41) is 0. The number of hydrogen-bond acceptors (Lipinski definition) is 0. The summed E-state index contributed by atoms with van der Waals surface area (Å²) in [5.41, 5.74) is 0. The zero-order valence-electron chi connectivity index (χ0n) is 1.96. The normalized spacial score (nSPS) is 12.0. The fraction of sp³-hybridized carbons (Fsp3) is 0. The molecule has 0 aromatic heterocycles. The van der Waals surface area contributed by atoms with Crippen molar-refractivity contribution in [2.75, 3.05) is 0 Å². The van der Waals surface area contributed by atoms with Crippen molar-refractivity contribution in [3.05, 3.63) is 0 Å². The molecule has 0 fully saturated rings. The summed E-state index contributed by atoms with van der Waals surface area (Å²) < 4.78 is 0.250. The molecule has 0 atom stereocenters. The van der Waals surface area contributed by atoms with Crippen molar-refractivity contribution < 1.29 is 0.587 Å². The van der Waals surface area contributed by atoms with Crippen molar-refractivity contribution >= 4 is 64.6 Å². The molecule has 0 radical (unpaired) electrons.